The molecule has 0 aliphatic carbocycles. The first kappa shape index (κ1) is 15.0. The Balaban J connectivity index is 1.95. The molecule has 0 aromatic heterocycles. The molecule has 1 aromatic rings. The Labute approximate surface area is 120 Å². The van der Waals surface area contributed by atoms with Crippen LogP contribution in [0.3, 0.4) is 0 Å². The summed E-state index contributed by atoms with van der Waals surface area (Å²) in [5, 5.41) is 0. The summed E-state index contributed by atoms with van der Waals surface area (Å²) in [6, 6.07) is 7.46. The van der Waals surface area contributed by atoms with Crippen LogP contribution in [0, 0.1) is 6.92 Å². The average molecular weight is 296 g/mol. The second-order valence-corrected chi connectivity index (χ2v) is 7.11. The van der Waals surface area contributed by atoms with Crippen molar-refractivity contribution in [2.24, 2.45) is 0 Å². The summed E-state index contributed by atoms with van der Waals surface area (Å²) in [5.74, 6) is 0.0199. The molecule has 0 saturated carbocycles. The first-order valence-electron chi connectivity index (χ1n) is 6.68. The molecule has 1 fully saturated rings. The topological polar surface area (TPSA) is 66.5 Å². The van der Waals surface area contributed by atoms with Gasteiger partial charge in [0.25, 0.3) is 5.91 Å². The number of carbonyl (C=O) groups is 1. The van der Waals surface area contributed by atoms with E-state index in [4.69, 9.17) is 0 Å². The minimum absolute atomic E-state index is 0.0199. The highest BCUT2D eigenvalue weighted by atomic mass is 32.2. The average Bonchev–Trinajstić information content (AvgIpc) is 2.37. The van der Waals surface area contributed by atoms with Gasteiger partial charge in [-0.2, -0.15) is 0 Å². The molecular weight excluding hydrogens is 276 g/mol. The minimum atomic E-state index is -3.17. The predicted octanol–water partition coefficient (Wildman–Crippen LogP) is 1.15. The zero-order valence-corrected chi connectivity index (χ0v) is 12.6. The molecule has 0 atom stereocenters. The van der Waals surface area contributed by atoms with Gasteiger partial charge in [0.05, 0.1) is 6.26 Å². The Bertz CT molecular complexity index is 590. The summed E-state index contributed by atoms with van der Waals surface area (Å²) in [6.45, 7) is 3.12. The lowest BCUT2D eigenvalue weighted by Gasteiger charge is -2.32. The van der Waals surface area contributed by atoms with E-state index in [9.17, 15) is 13.2 Å². The van der Waals surface area contributed by atoms with Crippen molar-refractivity contribution in [3.8, 4) is 0 Å². The minimum Gasteiger partial charge on any atom is -0.339 e. The van der Waals surface area contributed by atoms with E-state index in [1.54, 1.807) is 4.90 Å². The van der Waals surface area contributed by atoms with Gasteiger partial charge in [0.15, 0.2) is 0 Å². The van der Waals surface area contributed by atoms with Gasteiger partial charge in [0.2, 0.25) is 10.0 Å². The molecule has 20 heavy (non-hydrogen) atoms. The van der Waals surface area contributed by atoms with Crippen LogP contribution in [-0.2, 0) is 10.0 Å². The van der Waals surface area contributed by atoms with Gasteiger partial charge in [-0.05, 0) is 31.9 Å². The fraction of sp³-hybridized carbons (Fsp3) is 0.500. The van der Waals surface area contributed by atoms with Crippen LogP contribution in [0.2, 0.25) is 0 Å². The maximum absolute atomic E-state index is 12.3. The van der Waals surface area contributed by atoms with Crippen molar-refractivity contribution in [3.05, 3.63) is 35.4 Å². The summed E-state index contributed by atoms with van der Waals surface area (Å²) in [6.07, 6.45) is 2.48. The molecule has 0 spiro atoms. The number of aryl methyl sites for hydroxylation is 1. The second kappa shape index (κ2) is 5.93. The van der Waals surface area contributed by atoms with Gasteiger partial charge in [0, 0.05) is 24.7 Å². The first-order chi connectivity index (χ1) is 9.35. The third-order valence-electron chi connectivity index (χ3n) is 3.43. The lowest BCUT2D eigenvalue weighted by molar-refractivity contribution is 0.0711. The van der Waals surface area contributed by atoms with Crippen LogP contribution in [0.15, 0.2) is 24.3 Å². The largest absolute Gasteiger partial charge is 0.339 e. The van der Waals surface area contributed by atoms with Crippen LogP contribution in [0.4, 0.5) is 0 Å². The molecule has 110 valence electrons. The molecule has 5 nitrogen and oxygen atoms in total. The molecule has 1 saturated heterocycles. The monoisotopic (exact) mass is 296 g/mol. The molecule has 1 amide bonds. The summed E-state index contributed by atoms with van der Waals surface area (Å²) >= 11 is 0. The lowest BCUT2D eigenvalue weighted by Crippen LogP contribution is -2.46. The van der Waals surface area contributed by atoms with E-state index in [1.807, 2.05) is 31.2 Å². The van der Waals surface area contributed by atoms with E-state index in [0.717, 1.165) is 11.8 Å². The van der Waals surface area contributed by atoms with Crippen LogP contribution in [0.25, 0.3) is 0 Å². The van der Waals surface area contributed by atoms with Crippen molar-refractivity contribution >= 4 is 15.9 Å². The van der Waals surface area contributed by atoms with E-state index >= 15 is 0 Å². The van der Waals surface area contributed by atoms with E-state index < -0.39 is 10.0 Å². The lowest BCUT2D eigenvalue weighted by atomic mass is 10.0. The number of amides is 1. The quantitative estimate of drug-likeness (QED) is 0.910. The Morgan fingerprint density at radius 1 is 1.30 bits per heavy atom. The SMILES string of the molecule is Cc1cccc(C(=O)N2CCC(NS(C)(=O)=O)CC2)c1. The van der Waals surface area contributed by atoms with Gasteiger partial charge in [-0.1, -0.05) is 17.7 Å². The van der Waals surface area contributed by atoms with Crippen molar-refractivity contribution in [3.63, 3.8) is 0 Å². The molecule has 1 aromatic carbocycles. The molecule has 1 N–H and O–H groups in total. The summed E-state index contributed by atoms with van der Waals surface area (Å²) in [7, 11) is -3.17. The molecule has 1 aliphatic rings. The standard InChI is InChI=1S/C14H20N2O3S/c1-11-4-3-5-12(10-11)14(17)16-8-6-13(7-9-16)15-20(2,18)19/h3-5,10,13,15H,6-9H2,1-2H3. The summed E-state index contributed by atoms with van der Waals surface area (Å²) in [4.78, 5) is 14.1. The number of piperidine rings is 1. The van der Waals surface area contributed by atoms with Crippen molar-refractivity contribution in [1.82, 2.24) is 9.62 Å². The highest BCUT2D eigenvalue weighted by Crippen LogP contribution is 2.15. The van der Waals surface area contributed by atoms with Crippen molar-refractivity contribution in [1.29, 1.82) is 0 Å². The number of hydrogen-bond acceptors (Lipinski definition) is 3. The van der Waals surface area contributed by atoms with E-state index in [-0.39, 0.29) is 11.9 Å². The van der Waals surface area contributed by atoms with Crippen LogP contribution in [-0.4, -0.2) is 44.6 Å². The molecule has 1 aliphatic heterocycles. The maximum atomic E-state index is 12.3. The van der Waals surface area contributed by atoms with Gasteiger partial charge < -0.3 is 4.90 Å². The maximum Gasteiger partial charge on any atom is 0.253 e. The van der Waals surface area contributed by atoms with Crippen LogP contribution in [0.1, 0.15) is 28.8 Å². The van der Waals surface area contributed by atoms with Gasteiger partial charge in [0.1, 0.15) is 0 Å². The number of rotatable bonds is 3. The highest BCUT2D eigenvalue weighted by Gasteiger charge is 2.25. The van der Waals surface area contributed by atoms with Crippen molar-refractivity contribution in [2.75, 3.05) is 19.3 Å². The Morgan fingerprint density at radius 3 is 2.50 bits per heavy atom. The van der Waals surface area contributed by atoms with E-state index in [0.29, 0.717) is 31.5 Å². The number of nitrogens with one attached hydrogen (secondary N) is 1. The van der Waals surface area contributed by atoms with Crippen molar-refractivity contribution in [2.45, 2.75) is 25.8 Å². The number of nitrogens with zero attached hydrogens (tertiary/aromatic N) is 1. The van der Waals surface area contributed by atoms with Crippen LogP contribution in [0.5, 0.6) is 0 Å². The zero-order chi connectivity index (χ0) is 14.8. The van der Waals surface area contributed by atoms with Gasteiger partial charge in [-0.25, -0.2) is 13.1 Å². The van der Waals surface area contributed by atoms with E-state index in [2.05, 4.69) is 4.72 Å². The molecule has 0 unspecified atom stereocenters. The molecular formula is C14H20N2O3S. The Kier molecular flexibility index (Phi) is 4.45. The third kappa shape index (κ3) is 4.05. The molecule has 6 heteroatoms. The summed E-state index contributed by atoms with van der Waals surface area (Å²) < 4.78 is 25.0. The van der Waals surface area contributed by atoms with Gasteiger partial charge in [-0.15, -0.1) is 0 Å². The third-order valence-corrected chi connectivity index (χ3v) is 4.19. The molecule has 0 bridgehead atoms. The smallest absolute Gasteiger partial charge is 0.253 e. The second-order valence-electron chi connectivity index (χ2n) is 5.33. The Morgan fingerprint density at radius 2 is 1.95 bits per heavy atom. The molecule has 0 radical (unpaired) electrons. The number of sulfonamides is 1. The normalized spacial score (nSPS) is 17.2. The Hall–Kier alpha value is -1.40. The van der Waals surface area contributed by atoms with Gasteiger partial charge in [-0.3, -0.25) is 4.79 Å². The molecule has 2 rings (SSSR count). The highest BCUT2D eigenvalue weighted by molar-refractivity contribution is 7.88. The predicted molar refractivity (Wildman–Crippen MR) is 78.1 cm³/mol. The van der Waals surface area contributed by atoms with Crippen molar-refractivity contribution < 1.29 is 13.2 Å². The fourth-order valence-electron chi connectivity index (χ4n) is 2.46. The zero-order valence-electron chi connectivity index (χ0n) is 11.8. The number of hydrogen-bond donors (Lipinski definition) is 1. The number of likely N-dealkylation sites (tertiary alicyclic amines) is 1. The number of benzene rings is 1. The van der Waals surface area contributed by atoms with Crippen LogP contribution < -0.4 is 4.72 Å². The molecule has 1 heterocycles. The fourth-order valence-corrected chi connectivity index (χ4v) is 3.31. The number of carbonyl (C=O) groups excluding carboxylic acids is 1. The summed E-state index contributed by atoms with van der Waals surface area (Å²) in [5.41, 5.74) is 1.75. The van der Waals surface area contributed by atoms with Crippen LogP contribution >= 0.6 is 0 Å². The van der Waals surface area contributed by atoms with Gasteiger partial charge >= 0.3 is 0 Å². The first-order valence-corrected chi connectivity index (χ1v) is 8.57. The van der Waals surface area contributed by atoms with E-state index in [1.165, 1.54) is 0 Å².